The van der Waals surface area contributed by atoms with Gasteiger partial charge in [0.2, 0.25) is 0 Å². The summed E-state index contributed by atoms with van der Waals surface area (Å²) in [6, 6.07) is 5.75. The first-order chi connectivity index (χ1) is 8.14. The molecule has 0 saturated carbocycles. The maximum absolute atomic E-state index is 14.0. The number of halogens is 2. The Balaban J connectivity index is 2.76. The monoisotopic (exact) mass is 327 g/mol. The molecule has 1 heterocycles. The lowest BCUT2D eigenvalue weighted by Gasteiger charge is -2.38. The molecule has 1 nitrogen and oxygen atoms in total. The van der Waals surface area contributed by atoms with Gasteiger partial charge >= 0.3 is 0 Å². The van der Waals surface area contributed by atoms with Crippen molar-refractivity contribution in [1.82, 2.24) is 4.23 Å². The van der Waals surface area contributed by atoms with Gasteiger partial charge in [0.05, 0.1) is 0 Å². The summed E-state index contributed by atoms with van der Waals surface area (Å²) in [4.78, 5) is 0. The molecule has 4 heteroatoms. The zero-order valence-electron chi connectivity index (χ0n) is 11.5. The summed E-state index contributed by atoms with van der Waals surface area (Å²) in [5, 5.41) is 0.885. The second-order valence-electron chi connectivity index (χ2n) is 6.32. The first-order valence-corrected chi connectivity index (χ1v) is 9.85. The van der Waals surface area contributed by atoms with E-state index in [0.717, 1.165) is 9.99 Å². The fraction of sp³-hybridized carbons (Fsp3) is 0.429. The molecule has 0 amide bonds. The Hall–Kier alpha value is -0.613. The van der Waals surface area contributed by atoms with Gasteiger partial charge in [0, 0.05) is 21.6 Å². The Bertz CT molecular complexity index is 596. The van der Waals surface area contributed by atoms with Crippen molar-refractivity contribution in [3.05, 3.63) is 34.7 Å². The lowest BCUT2D eigenvalue weighted by Crippen LogP contribution is -2.44. The molecule has 0 spiro atoms. The van der Waals surface area contributed by atoms with Gasteiger partial charge in [0.1, 0.15) is 5.82 Å². The van der Waals surface area contributed by atoms with Crippen LogP contribution in [0.3, 0.4) is 0 Å². The SMILES string of the molecule is CC(C)(C)[Si](C)(C)n1cc(F)c2ccc(Br)cc21. The lowest BCUT2D eigenvalue weighted by atomic mass is 10.2. The highest BCUT2D eigenvalue weighted by atomic mass is 79.9. The molecular formula is C14H19BrFNSi. The Labute approximate surface area is 117 Å². The summed E-state index contributed by atoms with van der Waals surface area (Å²) in [6.07, 6.45) is 1.68. The molecule has 98 valence electrons. The van der Waals surface area contributed by atoms with Crippen LogP contribution in [0.25, 0.3) is 10.9 Å². The van der Waals surface area contributed by atoms with Gasteiger partial charge in [-0.3, -0.25) is 0 Å². The Morgan fingerprint density at radius 3 is 2.39 bits per heavy atom. The van der Waals surface area contributed by atoms with Gasteiger partial charge in [0.15, 0.2) is 8.24 Å². The molecule has 2 aromatic rings. The number of rotatable bonds is 1. The summed E-state index contributed by atoms with van der Waals surface area (Å²) >= 11 is 3.47. The topological polar surface area (TPSA) is 4.93 Å². The fourth-order valence-electron chi connectivity index (χ4n) is 1.98. The third-order valence-electron chi connectivity index (χ3n) is 4.16. The Morgan fingerprint density at radius 1 is 1.22 bits per heavy atom. The molecule has 0 aliphatic heterocycles. The van der Waals surface area contributed by atoms with Crippen LogP contribution < -0.4 is 0 Å². The Morgan fingerprint density at radius 2 is 1.83 bits per heavy atom. The van der Waals surface area contributed by atoms with E-state index in [-0.39, 0.29) is 10.9 Å². The Kier molecular flexibility index (Phi) is 3.22. The van der Waals surface area contributed by atoms with E-state index in [2.05, 4.69) is 54.0 Å². The molecule has 0 atom stereocenters. The number of nitrogens with zero attached hydrogens (tertiary/aromatic N) is 1. The van der Waals surface area contributed by atoms with Crippen LogP contribution in [0.2, 0.25) is 18.1 Å². The molecule has 0 fully saturated rings. The van der Waals surface area contributed by atoms with Crippen molar-refractivity contribution in [3.8, 4) is 0 Å². The van der Waals surface area contributed by atoms with Gasteiger partial charge in [0.25, 0.3) is 0 Å². The fourth-order valence-corrected chi connectivity index (χ4v) is 4.28. The minimum absolute atomic E-state index is 0.123. The third kappa shape index (κ3) is 2.05. The van der Waals surface area contributed by atoms with Crippen LogP contribution in [0.15, 0.2) is 28.9 Å². The highest BCUT2D eigenvalue weighted by molar-refractivity contribution is 9.10. The lowest BCUT2D eigenvalue weighted by molar-refractivity contribution is 0.634. The standard InChI is InChI=1S/C14H19BrFNSi/c1-14(2,3)18(4,5)17-9-12(16)11-7-6-10(15)8-13(11)17/h6-9H,1-5H3. The summed E-state index contributed by atoms with van der Waals surface area (Å²) in [5.74, 6) is -0.123. The second-order valence-corrected chi connectivity index (χ2v) is 12.3. The van der Waals surface area contributed by atoms with E-state index < -0.39 is 8.24 Å². The molecule has 1 aromatic heterocycles. The zero-order chi connectivity index (χ0) is 13.7. The molecule has 0 aliphatic rings. The highest BCUT2D eigenvalue weighted by Crippen LogP contribution is 2.39. The molecular weight excluding hydrogens is 309 g/mol. The predicted molar refractivity (Wildman–Crippen MR) is 82.2 cm³/mol. The predicted octanol–water partition coefficient (Wildman–Crippen LogP) is 5.40. The molecule has 2 rings (SSSR count). The smallest absolute Gasteiger partial charge is 0.161 e. The van der Waals surface area contributed by atoms with Gasteiger partial charge in [-0.05, 0) is 23.2 Å². The van der Waals surface area contributed by atoms with Gasteiger partial charge in [-0.25, -0.2) is 4.39 Å². The van der Waals surface area contributed by atoms with E-state index in [1.807, 2.05) is 18.2 Å². The van der Waals surface area contributed by atoms with Crippen molar-refractivity contribution in [2.75, 3.05) is 0 Å². The maximum Gasteiger partial charge on any atom is 0.161 e. The first-order valence-electron chi connectivity index (χ1n) is 6.11. The third-order valence-corrected chi connectivity index (χ3v) is 9.90. The molecule has 0 N–H and O–H groups in total. The van der Waals surface area contributed by atoms with Crippen LogP contribution in [0, 0.1) is 5.82 Å². The van der Waals surface area contributed by atoms with Gasteiger partial charge in [-0.2, -0.15) is 0 Å². The molecule has 0 aliphatic carbocycles. The quantitative estimate of drug-likeness (QED) is 0.618. The van der Waals surface area contributed by atoms with Crippen molar-refractivity contribution < 1.29 is 4.39 Å². The summed E-state index contributed by atoms with van der Waals surface area (Å²) in [5.41, 5.74) is 0.994. The molecule has 1 aromatic carbocycles. The normalized spacial score (nSPS) is 13.3. The van der Waals surface area contributed by atoms with Crippen LogP contribution in [0.1, 0.15) is 20.8 Å². The van der Waals surface area contributed by atoms with E-state index in [0.29, 0.717) is 5.39 Å². The number of fused-ring (bicyclic) bond motifs is 1. The maximum atomic E-state index is 14.0. The van der Waals surface area contributed by atoms with Crippen LogP contribution in [-0.4, -0.2) is 12.5 Å². The van der Waals surface area contributed by atoms with Crippen molar-refractivity contribution in [1.29, 1.82) is 0 Å². The van der Waals surface area contributed by atoms with Crippen LogP contribution >= 0.6 is 15.9 Å². The van der Waals surface area contributed by atoms with Crippen molar-refractivity contribution >= 4 is 35.1 Å². The summed E-state index contributed by atoms with van der Waals surface area (Å²) < 4.78 is 17.2. The average Bonchev–Trinajstić information content (AvgIpc) is 2.54. The number of hydrogen-bond acceptors (Lipinski definition) is 0. The van der Waals surface area contributed by atoms with E-state index >= 15 is 0 Å². The minimum Gasteiger partial charge on any atom is -0.371 e. The average molecular weight is 328 g/mol. The van der Waals surface area contributed by atoms with Crippen molar-refractivity contribution in [3.63, 3.8) is 0 Å². The number of aromatic nitrogens is 1. The number of benzene rings is 1. The van der Waals surface area contributed by atoms with E-state index in [4.69, 9.17) is 0 Å². The molecule has 0 unspecified atom stereocenters. The van der Waals surface area contributed by atoms with Crippen LogP contribution in [0.4, 0.5) is 4.39 Å². The molecule has 0 saturated heterocycles. The molecule has 0 radical (unpaired) electrons. The van der Waals surface area contributed by atoms with Gasteiger partial charge in [-0.15, -0.1) is 0 Å². The summed E-state index contributed by atoms with van der Waals surface area (Å²) in [7, 11) is -1.79. The zero-order valence-corrected chi connectivity index (χ0v) is 14.1. The molecule has 0 bridgehead atoms. The highest BCUT2D eigenvalue weighted by Gasteiger charge is 2.38. The van der Waals surface area contributed by atoms with E-state index in [1.165, 1.54) is 0 Å². The van der Waals surface area contributed by atoms with Gasteiger partial charge < -0.3 is 4.23 Å². The van der Waals surface area contributed by atoms with E-state index in [1.54, 1.807) is 6.20 Å². The summed E-state index contributed by atoms with van der Waals surface area (Å²) in [6.45, 7) is 11.3. The van der Waals surface area contributed by atoms with E-state index in [9.17, 15) is 4.39 Å². The minimum atomic E-state index is -1.79. The second kappa shape index (κ2) is 4.20. The molecule has 18 heavy (non-hydrogen) atoms. The van der Waals surface area contributed by atoms with Gasteiger partial charge in [-0.1, -0.05) is 49.8 Å². The van der Waals surface area contributed by atoms with Crippen molar-refractivity contribution in [2.24, 2.45) is 0 Å². The van der Waals surface area contributed by atoms with Crippen LogP contribution in [0.5, 0.6) is 0 Å². The van der Waals surface area contributed by atoms with Crippen LogP contribution in [-0.2, 0) is 0 Å². The number of hydrogen-bond donors (Lipinski definition) is 0. The van der Waals surface area contributed by atoms with Crippen molar-refractivity contribution in [2.45, 2.75) is 38.9 Å². The first kappa shape index (κ1) is 13.8. The largest absolute Gasteiger partial charge is 0.371 e.